The van der Waals surface area contributed by atoms with Crippen LogP contribution >= 0.6 is 0 Å². The molecule has 0 aromatic heterocycles. The number of nitrogens with zero attached hydrogens (tertiary/aromatic N) is 2. The van der Waals surface area contributed by atoms with Gasteiger partial charge >= 0.3 is 0 Å². The van der Waals surface area contributed by atoms with Gasteiger partial charge in [-0.15, -0.1) is 0 Å². The molecule has 0 heterocycles. The molecule has 0 aliphatic carbocycles. The first kappa shape index (κ1) is 21.4. The highest BCUT2D eigenvalue weighted by Gasteiger charge is 2.29. The van der Waals surface area contributed by atoms with Crippen molar-refractivity contribution in [3.8, 4) is 5.75 Å². The molecule has 0 fully saturated rings. The van der Waals surface area contributed by atoms with Crippen molar-refractivity contribution >= 4 is 27.3 Å². The summed E-state index contributed by atoms with van der Waals surface area (Å²) in [6, 6.07) is 14.9. The van der Waals surface area contributed by atoms with E-state index in [1.807, 2.05) is 37.3 Å². The van der Waals surface area contributed by atoms with Crippen molar-refractivity contribution in [3.63, 3.8) is 0 Å². The second-order valence-corrected chi connectivity index (χ2v) is 8.06. The van der Waals surface area contributed by atoms with Gasteiger partial charge in [0.25, 0.3) is 5.91 Å². The summed E-state index contributed by atoms with van der Waals surface area (Å²) in [4.78, 5) is 12.6. The number of benzene rings is 2. The summed E-state index contributed by atoms with van der Waals surface area (Å²) in [5.74, 6) is 0.0921. The molecule has 150 valence electrons. The summed E-state index contributed by atoms with van der Waals surface area (Å²) in [5, 5.41) is 4.09. The Labute approximate surface area is 166 Å². The quantitative estimate of drug-likeness (QED) is 0.542. The van der Waals surface area contributed by atoms with Crippen molar-refractivity contribution in [2.45, 2.75) is 26.8 Å². The van der Waals surface area contributed by atoms with Crippen LogP contribution in [0.3, 0.4) is 0 Å². The summed E-state index contributed by atoms with van der Waals surface area (Å²) in [6.07, 6.45) is 1.06. The number of hydrogen-bond donors (Lipinski definition) is 1. The molecule has 1 N–H and O–H groups in total. The van der Waals surface area contributed by atoms with Crippen LogP contribution in [0.25, 0.3) is 0 Å². The summed E-state index contributed by atoms with van der Waals surface area (Å²) in [7, 11) is -3.69. The van der Waals surface area contributed by atoms with E-state index in [9.17, 15) is 13.2 Å². The van der Waals surface area contributed by atoms with Crippen LogP contribution < -0.4 is 14.5 Å². The van der Waals surface area contributed by atoms with Crippen molar-refractivity contribution in [1.82, 2.24) is 5.43 Å². The lowest BCUT2D eigenvalue weighted by Gasteiger charge is -2.27. The molecule has 1 amide bonds. The van der Waals surface area contributed by atoms with Crippen LogP contribution in [0.1, 0.15) is 26.3 Å². The molecule has 0 spiro atoms. The third-order valence-corrected chi connectivity index (χ3v) is 5.26. The molecular formula is C20H25N3O4S. The van der Waals surface area contributed by atoms with Crippen molar-refractivity contribution in [2.75, 3.05) is 17.2 Å². The van der Waals surface area contributed by atoms with E-state index in [0.717, 1.165) is 16.1 Å². The van der Waals surface area contributed by atoms with Gasteiger partial charge in [0, 0.05) is 0 Å². The minimum absolute atomic E-state index is 0.373. The Morgan fingerprint density at radius 3 is 2.29 bits per heavy atom. The number of sulfonamides is 1. The van der Waals surface area contributed by atoms with E-state index in [0.29, 0.717) is 23.8 Å². The average Bonchev–Trinajstić information content (AvgIpc) is 2.67. The van der Waals surface area contributed by atoms with Crippen LogP contribution in [-0.2, 0) is 14.8 Å². The summed E-state index contributed by atoms with van der Waals surface area (Å²) in [6.45, 7) is 5.65. The smallest absolute Gasteiger partial charge is 0.263 e. The third kappa shape index (κ3) is 5.56. The molecule has 0 bridgehead atoms. The Kier molecular flexibility index (Phi) is 7.17. The monoisotopic (exact) mass is 403 g/mol. The van der Waals surface area contributed by atoms with E-state index in [2.05, 4.69) is 10.5 Å². The fourth-order valence-corrected chi connectivity index (χ4v) is 3.82. The van der Waals surface area contributed by atoms with Crippen LogP contribution in [0.15, 0.2) is 59.7 Å². The van der Waals surface area contributed by atoms with E-state index >= 15 is 0 Å². The van der Waals surface area contributed by atoms with Gasteiger partial charge < -0.3 is 4.74 Å². The van der Waals surface area contributed by atoms with Crippen LogP contribution in [0.4, 0.5) is 5.69 Å². The maximum absolute atomic E-state index is 12.6. The number of carbonyl (C=O) groups is 1. The van der Waals surface area contributed by atoms with Crippen molar-refractivity contribution in [3.05, 3.63) is 60.2 Å². The molecule has 7 nitrogen and oxygen atoms in total. The first-order chi connectivity index (χ1) is 13.2. The molecule has 0 radical (unpaired) electrons. The molecule has 2 aromatic carbocycles. The molecule has 2 aromatic rings. The molecule has 8 heteroatoms. The Morgan fingerprint density at radius 2 is 1.75 bits per heavy atom. The second-order valence-electron chi connectivity index (χ2n) is 6.20. The van der Waals surface area contributed by atoms with Crippen LogP contribution in [0.5, 0.6) is 5.75 Å². The lowest BCUT2D eigenvalue weighted by molar-refractivity contribution is -0.121. The van der Waals surface area contributed by atoms with Gasteiger partial charge in [-0.1, -0.05) is 30.3 Å². The van der Waals surface area contributed by atoms with Gasteiger partial charge in [-0.25, -0.2) is 13.8 Å². The average molecular weight is 404 g/mol. The zero-order chi connectivity index (χ0) is 20.7. The van der Waals surface area contributed by atoms with Crippen molar-refractivity contribution in [2.24, 2.45) is 5.10 Å². The molecule has 0 unspecified atom stereocenters. The number of nitrogens with one attached hydrogen (secondary N) is 1. The first-order valence-electron chi connectivity index (χ1n) is 8.86. The number of hydrogen-bond acceptors (Lipinski definition) is 5. The highest BCUT2D eigenvalue weighted by Crippen LogP contribution is 2.24. The van der Waals surface area contributed by atoms with Crippen LogP contribution in [0.2, 0.25) is 0 Å². The Morgan fingerprint density at radius 1 is 1.14 bits per heavy atom. The molecule has 1 atom stereocenters. The van der Waals surface area contributed by atoms with Crippen molar-refractivity contribution in [1.29, 1.82) is 0 Å². The Hall–Kier alpha value is -2.87. The van der Waals surface area contributed by atoms with E-state index in [4.69, 9.17) is 4.74 Å². The predicted octanol–water partition coefficient (Wildman–Crippen LogP) is 2.78. The maximum Gasteiger partial charge on any atom is 0.263 e. The number of carbonyl (C=O) groups excluding carboxylic acids is 1. The Balaban J connectivity index is 2.20. The van der Waals surface area contributed by atoms with Crippen LogP contribution in [0, 0.1) is 0 Å². The third-order valence-electron chi connectivity index (χ3n) is 4.02. The van der Waals surface area contributed by atoms with Crippen molar-refractivity contribution < 1.29 is 17.9 Å². The lowest BCUT2D eigenvalue weighted by atomic mass is 10.1. The highest BCUT2D eigenvalue weighted by atomic mass is 32.2. The van der Waals surface area contributed by atoms with Gasteiger partial charge in [-0.05, 0) is 50.6 Å². The van der Waals surface area contributed by atoms with E-state index < -0.39 is 22.0 Å². The molecular weight excluding hydrogens is 378 g/mol. The number of rotatable bonds is 8. The molecule has 0 saturated heterocycles. The SMILES string of the molecule is CCOc1ccc(N([C@@H](C)C(=O)N/N=C(/C)c2ccccc2)S(C)(=O)=O)cc1. The first-order valence-corrected chi connectivity index (χ1v) is 10.7. The molecule has 2 rings (SSSR count). The topological polar surface area (TPSA) is 88.1 Å². The summed E-state index contributed by atoms with van der Waals surface area (Å²) in [5.41, 5.74) is 4.31. The Bertz CT molecular complexity index is 926. The lowest BCUT2D eigenvalue weighted by Crippen LogP contribution is -2.46. The number of anilines is 1. The van der Waals surface area contributed by atoms with Gasteiger partial charge in [0.05, 0.1) is 24.3 Å². The molecule has 0 aliphatic heterocycles. The zero-order valence-corrected chi connectivity index (χ0v) is 17.2. The summed E-state index contributed by atoms with van der Waals surface area (Å²) < 4.78 is 31.1. The summed E-state index contributed by atoms with van der Waals surface area (Å²) >= 11 is 0. The highest BCUT2D eigenvalue weighted by molar-refractivity contribution is 7.92. The second kappa shape index (κ2) is 9.36. The molecule has 28 heavy (non-hydrogen) atoms. The minimum Gasteiger partial charge on any atom is -0.494 e. The van der Waals surface area contributed by atoms with Gasteiger partial charge in [0.15, 0.2) is 0 Å². The number of ether oxygens (including phenoxy) is 1. The van der Waals surface area contributed by atoms with Crippen LogP contribution in [-0.4, -0.2) is 38.9 Å². The van der Waals surface area contributed by atoms with Gasteiger partial charge in [0.2, 0.25) is 10.0 Å². The largest absolute Gasteiger partial charge is 0.494 e. The number of amides is 1. The standard InChI is InChI=1S/C20H25N3O4S/c1-5-27-19-13-11-18(12-14-19)23(28(4,25)26)16(3)20(24)22-21-15(2)17-9-7-6-8-10-17/h6-14,16H,5H2,1-4H3,(H,22,24)/b21-15-/t16-/m0/s1. The normalized spacial score (nSPS) is 12.9. The van der Waals surface area contributed by atoms with Gasteiger partial charge in [0.1, 0.15) is 11.8 Å². The van der Waals surface area contributed by atoms with Gasteiger partial charge in [-0.2, -0.15) is 5.10 Å². The predicted molar refractivity (Wildman–Crippen MR) is 111 cm³/mol. The van der Waals surface area contributed by atoms with E-state index in [-0.39, 0.29) is 0 Å². The maximum atomic E-state index is 12.6. The van der Waals surface area contributed by atoms with E-state index in [1.54, 1.807) is 31.2 Å². The molecule has 0 aliphatic rings. The molecule has 0 saturated carbocycles. The zero-order valence-electron chi connectivity index (χ0n) is 16.4. The van der Waals surface area contributed by atoms with E-state index in [1.165, 1.54) is 6.92 Å². The fourth-order valence-electron chi connectivity index (χ4n) is 2.64. The fraction of sp³-hybridized carbons (Fsp3) is 0.300. The van der Waals surface area contributed by atoms with Gasteiger partial charge in [-0.3, -0.25) is 9.10 Å². The minimum atomic E-state index is -3.69. The number of hydrazone groups is 1.